The van der Waals surface area contributed by atoms with Gasteiger partial charge in [-0.3, -0.25) is 9.59 Å². The molecule has 9 rings (SSSR count). The molecule has 268 valence electrons. The molecule has 2 N–H and O–H groups in total. The number of carboxylic acids is 2. The molecule has 8 heteroatoms. The third kappa shape index (κ3) is 6.01. The van der Waals surface area contributed by atoms with Crippen molar-refractivity contribution in [3.05, 3.63) is 182 Å². The minimum absolute atomic E-state index is 0.0973. The molecule has 7 nitrogen and oxygen atoms in total. The van der Waals surface area contributed by atoms with Gasteiger partial charge in [0, 0.05) is 44.2 Å². The molecule has 0 spiro atoms. The van der Waals surface area contributed by atoms with E-state index >= 15 is 0 Å². The Hall–Kier alpha value is -6.64. The van der Waals surface area contributed by atoms with Crippen molar-refractivity contribution < 1.29 is 29.4 Å². The number of ketones is 2. The lowest BCUT2D eigenvalue weighted by Crippen LogP contribution is -2.26. The second-order valence-electron chi connectivity index (χ2n) is 14.1. The van der Waals surface area contributed by atoms with E-state index in [0.29, 0.717) is 16.8 Å². The average molecular weight is 740 g/mol. The van der Waals surface area contributed by atoms with E-state index in [4.69, 9.17) is 0 Å². The Balaban J connectivity index is 0.996. The predicted molar refractivity (Wildman–Crippen MR) is 216 cm³/mol. The number of allylic oxidation sites excluding steroid dienone is 1. The molecular weight excluding hydrogens is 707 g/mol. The summed E-state index contributed by atoms with van der Waals surface area (Å²) < 4.78 is 0. The maximum Gasteiger partial charge on any atom is 0.336 e. The molecule has 2 aliphatic carbocycles. The Morgan fingerprint density at radius 3 is 1.91 bits per heavy atom. The fourth-order valence-corrected chi connectivity index (χ4v) is 9.34. The molecule has 3 aliphatic rings. The van der Waals surface area contributed by atoms with Crippen molar-refractivity contribution in [1.82, 2.24) is 0 Å². The van der Waals surface area contributed by atoms with Gasteiger partial charge in [-0.1, -0.05) is 85.3 Å². The Kier molecular flexibility index (Phi) is 8.47. The number of aromatic carboxylic acids is 2. The summed E-state index contributed by atoms with van der Waals surface area (Å²) >= 11 is 1.45. The Labute approximate surface area is 321 Å². The number of carbonyl (C=O) groups is 4. The number of carbonyl (C=O) groups excluding carboxylic acids is 2. The van der Waals surface area contributed by atoms with E-state index in [1.165, 1.54) is 51.1 Å². The number of nitrogens with zero attached hydrogens (tertiary/aromatic N) is 1. The highest BCUT2D eigenvalue weighted by Crippen LogP contribution is 2.53. The van der Waals surface area contributed by atoms with Crippen LogP contribution in [0.1, 0.15) is 93.7 Å². The molecule has 1 saturated carbocycles. The third-order valence-corrected chi connectivity index (χ3v) is 12.0. The van der Waals surface area contributed by atoms with Crippen LogP contribution in [0.25, 0.3) is 28.2 Å². The molecule has 0 saturated heterocycles. The van der Waals surface area contributed by atoms with E-state index in [-0.39, 0.29) is 16.7 Å². The standard InChI is InChI=1S/C47H33NO6S/c49-44-36-25-38(46(51)52)39(47(53)54)26-37(36)45(50)40(44)24-32-19-21-43(55-32)30-16-20-42-35(23-30)33-12-7-13-41(33)48(42)31-17-14-27(15-18-31)22-34(28-8-3-1-4-9-28)29-10-5-2-6-11-29/h1-6,8-11,14-26,33,41H,7,12-13H2,(H,51,52)(H,53,54). The minimum Gasteiger partial charge on any atom is -0.478 e. The van der Waals surface area contributed by atoms with Crippen LogP contribution in [0, 0.1) is 0 Å². The molecule has 1 aliphatic heterocycles. The molecule has 0 bridgehead atoms. The maximum absolute atomic E-state index is 13.3. The molecule has 0 amide bonds. The van der Waals surface area contributed by atoms with E-state index in [0.717, 1.165) is 47.4 Å². The zero-order valence-electron chi connectivity index (χ0n) is 29.4. The normalized spacial score (nSPS) is 16.8. The van der Waals surface area contributed by atoms with E-state index in [2.05, 4.69) is 102 Å². The summed E-state index contributed by atoms with van der Waals surface area (Å²) in [6.07, 6.45) is 7.17. The maximum atomic E-state index is 13.3. The van der Waals surface area contributed by atoms with Crippen LogP contribution in [0.4, 0.5) is 11.4 Å². The second kappa shape index (κ2) is 13.6. The van der Waals surface area contributed by atoms with Crippen LogP contribution in [0.15, 0.2) is 133 Å². The number of rotatable bonds is 8. The van der Waals surface area contributed by atoms with Crippen molar-refractivity contribution in [2.75, 3.05) is 4.90 Å². The van der Waals surface area contributed by atoms with Gasteiger partial charge in [0.1, 0.15) is 0 Å². The van der Waals surface area contributed by atoms with Gasteiger partial charge in [0.2, 0.25) is 0 Å². The highest BCUT2D eigenvalue weighted by Gasteiger charge is 2.42. The van der Waals surface area contributed by atoms with E-state index in [1.807, 2.05) is 24.3 Å². The van der Waals surface area contributed by atoms with Crippen LogP contribution in [-0.2, 0) is 0 Å². The first kappa shape index (κ1) is 34.1. The molecular formula is C47H33NO6S. The summed E-state index contributed by atoms with van der Waals surface area (Å²) in [7, 11) is 0. The van der Waals surface area contributed by atoms with Gasteiger partial charge < -0.3 is 15.1 Å². The van der Waals surface area contributed by atoms with E-state index in [1.54, 1.807) is 0 Å². The van der Waals surface area contributed by atoms with Crippen molar-refractivity contribution in [1.29, 1.82) is 0 Å². The number of carboxylic acid groups (broad SMARTS) is 2. The predicted octanol–water partition coefficient (Wildman–Crippen LogP) is 10.7. The fraction of sp³-hybridized carbons (Fsp3) is 0.106. The van der Waals surface area contributed by atoms with E-state index < -0.39 is 34.6 Å². The monoisotopic (exact) mass is 739 g/mol. The summed E-state index contributed by atoms with van der Waals surface area (Å²) in [5.41, 5.74) is 8.05. The summed E-state index contributed by atoms with van der Waals surface area (Å²) in [6.45, 7) is 0. The number of thiophene rings is 1. The lowest BCUT2D eigenvalue weighted by atomic mass is 9.95. The summed E-state index contributed by atoms with van der Waals surface area (Å²) in [6, 6.07) is 42.6. The molecule has 6 aromatic rings. The van der Waals surface area contributed by atoms with Gasteiger partial charge in [0.25, 0.3) is 0 Å². The summed E-state index contributed by atoms with van der Waals surface area (Å²) in [5, 5.41) is 19.0. The first-order valence-corrected chi connectivity index (χ1v) is 19.0. The number of hydrogen-bond acceptors (Lipinski definition) is 6. The smallest absolute Gasteiger partial charge is 0.336 e. The van der Waals surface area contributed by atoms with Crippen LogP contribution in [-0.4, -0.2) is 39.8 Å². The Morgan fingerprint density at radius 2 is 1.31 bits per heavy atom. The van der Waals surface area contributed by atoms with Crippen molar-refractivity contribution in [3.63, 3.8) is 0 Å². The topological polar surface area (TPSA) is 112 Å². The van der Waals surface area contributed by atoms with Gasteiger partial charge in [0.05, 0.1) is 16.7 Å². The molecule has 1 fully saturated rings. The van der Waals surface area contributed by atoms with Crippen molar-refractivity contribution >= 4 is 63.9 Å². The SMILES string of the molecule is O=C(O)c1cc2c(cc1C(=O)O)C(=O)C(=Cc1ccc(-c3ccc4c(c3)C3CCCC3N4c3ccc(C=C(c4ccccc4)c4ccccc4)cc3)s1)C2=O. The average Bonchev–Trinajstić information content (AvgIpc) is 3.99. The molecule has 55 heavy (non-hydrogen) atoms. The fourth-order valence-electron chi connectivity index (χ4n) is 8.39. The van der Waals surface area contributed by atoms with Crippen LogP contribution < -0.4 is 4.90 Å². The Morgan fingerprint density at radius 1 is 0.691 bits per heavy atom. The quantitative estimate of drug-likeness (QED) is 0.0908. The van der Waals surface area contributed by atoms with Gasteiger partial charge in [0.15, 0.2) is 11.6 Å². The lowest BCUT2D eigenvalue weighted by Gasteiger charge is -2.27. The minimum atomic E-state index is -1.48. The highest BCUT2D eigenvalue weighted by atomic mass is 32.1. The highest BCUT2D eigenvalue weighted by molar-refractivity contribution is 7.16. The van der Waals surface area contributed by atoms with Gasteiger partial charge in [-0.05, 0) is 107 Å². The number of Topliss-reactive ketones (excluding diaryl/α,β-unsaturated/α-hetero) is 2. The number of benzene rings is 5. The zero-order chi connectivity index (χ0) is 37.8. The van der Waals surface area contributed by atoms with Gasteiger partial charge in [-0.25, -0.2) is 9.59 Å². The van der Waals surface area contributed by atoms with Crippen LogP contribution in [0.2, 0.25) is 0 Å². The summed E-state index contributed by atoms with van der Waals surface area (Å²) in [5.74, 6) is -3.78. The summed E-state index contributed by atoms with van der Waals surface area (Å²) in [4.78, 5) is 54.1. The van der Waals surface area contributed by atoms with Crippen LogP contribution in [0.3, 0.4) is 0 Å². The lowest BCUT2D eigenvalue weighted by molar-refractivity contribution is 0.0651. The van der Waals surface area contributed by atoms with Crippen molar-refractivity contribution in [2.45, 2.75) is 31.2 Å². The third-order valence-electron chi connectivity index (χ3n) is 10.9. The molecule has 2 unspecified atom stereocenters. The van der Waals surface area contributed by atoms with Gasteiger partial charge in [-0.2, -0.15) is 0 Å². The molecule has 1 aromatic heterocycles. The molecule has 2 heterocycles. The van der Waals surface area contributed by atoms with Crippen LogP contribution in [0.5, 0.6) is 0 Å². The van der Waals surface area contributed by atoms with Crippen molar-refractivity contribution in [3.8, 4) is 10.4 Å². The molecule has 0 radical (unpaired) electrons. The van der Waals surface area contributed by atoms with Gasteiger partial charge >= 0.3 is 11.9 Å². The van der Waals surface area contributed by atoms with Crippen molar-refractivity contribution in [2.24, 2.45) is 0 Å². The molecule has 5 aromatic carbocycles. The van der Waals surface area contributed by atoms with Crippen LogP contribution >= 0.6 is 11.3 Å². The largest absolute Gasteiger partial charge is 0.478 e. The second-order valence-corrected chi connectivity index (χ2v) is 15.2. The zero-order valence-corrected chi connectivity index (χ0v) is 30.3. The first-order chi connectivity index (χ1) is 26.7. The number of hydrogen-bond donors (Lipinski definition) is 2. The van der Waals surface area contributed by atoms with Gasteiger partial charge in [-0.15, -0.1) is 11.3 Å². The number of anilines is 2. The number of fused-ring (bicyclic) bond motifs is 4. The molecule has 2 atom stereocenters. The van der Waals surface area contributed by atoms with E-state index in [9.17, 15) is 29.4 Å². The Bertz CT molecular complexity index is 2520. The first-order valence-electron chi connectivity index (χ1n) is 18.2.